The van der Waals surface area contributed by atoms with E-state index in [9.17, 15) is 9.90 Å². The van der Waals surface area contributed by atoms with Crippen LogP contribution in [0.5, 0.6) is 0 Å². The van der Waals surface area contributed by atoms with Gasteiger partial charge < -0.3 is 9.84 Å². The van der Waals surface area contributed by atoms with Gasteiger partial charge in [-0.1, -0.05) is 19.8 Å². The van der Waals surface area contributed by atoms with E-state index in [2.05, 4.69) is 12.0 Å². The summed E-state index contributed by atoms with van der Waals surface area (Å²) in [5.74, 6) is -0.0486. The number of unbranched alkanes of at least 4 members (excludes halogenated alkanes) is 2. The summed E-state index contributed by atoms with van der Waals surface area (Å²) in [7, 11) is 0. The fraction of sp³-hybridized carbons (Fsp3) is 0.833. The highest BCUT2D eigenvalue weighted by atomic mass is 16.5. The molecule has 5 heteroatoms. The number of β-amino-alcohol motifs (C(OH)–C–C–N with tert-alkyl or cyclic N) is 1. The van der Waals surface area contributed by atoms with Crippen molar-refractivity contribution in [2.75, 3.05) is 19.8 Å². The normalized spacial score (nSPS) is 17.5. The molecule has 0 aromatic rings. The van der Waals surface area contributed by atoms with Gasteiger partial charge in [0.1, 0.15) is 0 Å². The molecular formula is C12H22N2O3. The van der Waals surface area contributed by atoms with Gasteiger partial charge in [0.2, 0.25) is 5.91 Å². The molecule has 1 amide bonds. The van der Waals surface area contributed by atoms with Gasteiger partial charge >= 0.3 is 0 Å². The number of hydrazone groups is 1. The summed E-state index contributed by atoms with van der Waals surface area (Å²) in [6, 6.07) is 0. The van der Waals surface area contributed by atoms with Crippen LogP contribution in [-0.4, -0.2) is 47.6 Å². The Kier molecular flexibility index (Phi) is 6.15. The van der Waals surface area contributed by atoms with E-state index in [0.29, 0.717) is 13.0 Å². The number of carbonyl (C=O) groups is 1. The molecule has 17 heavy (non-hydrogen) atoms. The third-order valence-corrected chi connectivity index (χ3v) is 2.57. The summed E-state index contributed by atoms with van der Waals surface area (Å²) in [5, 5.41) is 15.1. The molecule has 0 saturated carbocycles. The molecule has 0 fully saturated rings. The Labute approximate surface area is 102 Å². The van der Waals surface area contributed by atoms with Crippen LogP contribution >= 0.6 is 0 Å². The van der Waals surface area contributed by atoms with Gasteiger partial charge in [0.25, 0.3) is 0 Å². The second-order valence-corrected chi connectivity index (χ2v) is 4.42. The summed E-state index contributed by atoms with van der Waals surface area (Å²) in [6.07, 6.45) is 3.02. The van der Waals surface area contributed by atoms with Gasteiger partial charge in [-0.3, -0.25) is 4.79 Å². The standard InChI is InChI=1S/C12H22N2O3/c1-3-4-5-6-17-9-11(15)8-14-12(16)7-10(2)13-14/h11,15H,3-9H2,1-2H3. The largest absolute Gasteiger partial charge is 0.389 e. The molecule has 0 aliphatic carbocycles. The molecular weight excluding hydrogens is 220 g/mol. The number of nitrogens with zero attached hydrogens (tertiary/aromatic N) is 2. The van der Waals surface area contributed by atoms with Crippen molar-refractivity contribution in [1.29, 1.82) is 0 Å². The highest BCUT2D eigenvalue weighted by molar-refractivity contribution is 6.03. The van der Waals surface area contributed by atoms with E-state index in [1.165, 1.54) is 5.01 Å². The maximum absolute atomic E-state index is 11.4. The van der Waals surface area contributed by atoms with Crippen LogP contribution in [-0.2, 0) is 9.53 Å². The van der Waals surface area contributed by atoms with Crippen molar-refractivity contribution in [3.63, 3.8) is 0 Å². The Bertz CT molecular complexity index is 279. The van der Waals surface area contributed by atoms with Crippen LogP contribution in [0.2, 0.25) is 0 Å². The Balaban J connectivity index is 2.12. The van der Waals surface area contributed by atoms with E-state index in [0.717, 1.165) is 25.0 Å². The van der Waals surface area contributed by atoms with E-state index < -0.39 is 6.10 Å². The first-order valence-electron chi connectivity index (χ1n) is 6.23. The predicted octanol–water partition coefficient (Wildman–Crippen LogP) is 1.16. The molecule has 0 aromatic carbocycles. The van der Waals surface area contributed by atoms with Gasteiger partial charge in [0, 0.05) is 12.3 Å². The van der Waals surface area contributed by atoms with Gasteiger partial charge in [0.15, 0.2) is 0 Å². The van der Waals surface area contributed by atoms with Crippen LogP contribution in [0.15, 0.2) is 5.10 Å². The highest BCUT2D eigenvalue weighted by Crippen LogP contribution is 2.08. The molecule has 1 aliphatic heterocycles. The number of ether oxygens (including phenoxy) is 1. The van der Waals surface area contributed by atoms with Crippen LogP contribution in [0.3, 0.4) is 0 Å². The summed E-state index contributed by atoms with van der Waals surface area (Å²) >= 11 is 0. The van der Waals surface area contributed by atoms with Gasteiger partial charge in [-0.25, -0.2) is 5.01 Å². The third kappa shape index (κ3) is 5.28. The number of aliphatic hydroxyl groups excluding tert-OH is 1. The van der Waals surface area contributed by atoms with Crippen LogP contribution < -0.4 is 0 Å². The van der Waals surface area contributed by atoms with Crippen molar-refractivity contribution < 1.29 is 14.6 Å². The average molecular weight is 242 g/mol. The SMILES string of the molecule is CCCCCOCC(O)CN1N=C(C)CC1=O. The van der Waals surface area contributed by atoms with Crippen molar-refractivity contribution in [1.82, 2.24) is 5.01 Å². The van der Waals surface area contributed by atoms with Crippen LogP contribution in [0.25, 0.3) is 0 Å². The number of hydrogen-bond donors (Lipinski definition) is 1. The number of carbonyl (C=O) groups excluding carboxylic acids is 1. The molecule has 0 bridgehead atoms. The fourth-order valence-corrected chi connectivity index (χ4v) is 1.68. The minimum absolute atomic E-state index is 0.0486. The Morgan fingerprint density at radius 2 is 2.29 bits per heavy atom. The number of hydrogen-bond acceptors (Lipinski definition) is 4. The summed E-state index contributed by atoms with van der Waals surface area (Å²) < 4.78 is 5.33. The van der Waals surface area contributed by atoms with Gasteiger partial charge in [-0.2, -0.15) is 5.10 Å². The molecule has 1 unspecified atom stereocenters. The fourth-order valence-electron chi connectivity index (χ4n) is 1.68. The van der Waals surface area contributed by atoms with Crippen molar-refractivity contribution in [2.45, 2.75) is 45.6 Å². The second-order valence-electron chi connectivity index (χ2n) is 4.42. The summed E-state index contributed by atoms with van der Waals surface area (Å²) in [6.45, 7) is 5.10. The first kappa shape index (κ1) is 14.1. The van der Waals surface area contributed by atoms with Crippen molar-refractivity contribution in [2.24, 2.45) is 5.10 Å². The minimum atomic E-state index is -0.657. The monoisotopic (exact) mass is 242 g/mol. The van der Waals surface area contributed by atoms with E-state index in [1.807, 2.05) is 6.92 Å². The zero-order chi connectivity index (χ0) is 12.7. The number of amides is 1. The van der Waals surface area contributed by atoms with E-state index in [4.69, 9.17) is 4.74 Å². The molecule has 0 aromatic heterocycles. The topological polar surface area (TPSA) is 62.1 Å². The third-order valence-electron chi connectivity index (χ3n) is 2.57. The van der Waals surface area contributed by atoms with E-state index in [1.54, 1.807) is 0 Å². The molecule has 0 saturated heterocycles. The molecule has 98 valence electrons. The zero-order valence-corrected chi connectivity index (χ0v) is 10.7. The van der Waals surface area contributed by atoms with Gasteiger partial charge in [0.05, 0.1) is 25.7 Å². The van der Waals surface area contributed by atoms with Gasteiger partial charge in [-0.15, -0.1) is 0 Å². The molecule has 1 rings (SSSR count). The number of aliphatic hydroxyl groups is 1. The van der Waals surface area contributed by atoms with Crippen LogP contribution in [0, 0.1) is 0 Å². The average Bonchev–Trinajstić information content (AvgIpc) is 2.57. The summed E-state index contributed by atoms with van der Waals surface area (Å²) in [4.78, 5) is 11.4. The lowest BCUT2D eigenvalue weighted by atomic mass is 10.3. The van der Waals surface area contributed by atoms with Crippen LogP contribution in [0.4, 0.5) is 0 Å². The van der Waals surface area contributed by atoms with Gasteiger partial charge in [-0.05, 0) is 13.3 Å². The molecule has 0 spiro atoms. The van der Waals surface area contributed by atoms with Crippen LogP contribution in [0.1, 0.15) is 39.5 Å². The molecule has 1 aliphatic rings. The quantitative estimate of drug-likeness (QED) is 0.650. The molecule has 5 nitrogen and oxygen atoms in total. The summed E-state index contributed by atoms with van der Waals surface area (Å²) in [5.41, 5.74) is 0.797. The maximum atomic E-state index is 11.4. The lowest BCUT2D eigenvalue weighted by Crippen LogP contribution is -2.33. The predicted molar refractivity (Wildman–Crippen MR) is 65.8 cm³/mol. The van der Waals surface area contributed by atoms with Crippen molar-refractivity contribution in [3.8, 4) is 0 Å². The van der Waals surface area contributed by atoms with Crippen molar-refractivity contribution in [3.05, 3.63) is 0 Å². The molecule has 1 N–H and O–H groups in total. The molecule has 1 heterocycles. The maximum Gasteiger partial charge on any atom is 0.248 e. The van der Waals surface area contributed by atoms with Crippen molar-refractivity contribution >= 4 is 11.6 Å². The lowest BCUT2D eigenvalue weighted by Gasteiger charge is -2.16. The first-order valence-corrected chi connectivity index (χ1v) is 6.23. The lowest BCUT2D eigenvalue weighted by molar-refractivity contribution is -0.130. The molecule has 0 radical (unpaired) electrons. The Morgan fingerprint density at radius 3 is 2.88 bits per heavy atom. The highest BCUT2D eigenvalue weighted by Gasteiger charge is 2.23. The smallest absolute Gasteiger partial charge is 0.248 e. The Morgan fingerprint density at radius 1 is 1.53 bits per heavy atom. The van der Waals surface area contributed by atoms with E-state index in [-0.39, 0.29) is 19.1 Å². The first-order chi connectivity index (χ1) is 8.13. The molecule has 1 atom stereocenters. The zero-order valence-electron chi connectivity index (χ0n) is 10.7. The second kappa shape index (κ2) is 7.40. The van der Waals surface area contributed by atoms with E-state index >= 15 is 0 Å². The number of rotatable bonds is 8. The minimum Gasteiger partial charge on any atom is -0.389 e. The Hall–Kier alpha value is -0.940.